The summed E-state index contributed by atoms with van der Waals surface area (Å²) in [7, 11) is -0.482. The molecule has 0 N–H and O–H groups in total. The third-order valence-corrected chi connectivity index (χ3v) is 9.67. The summed E-state index contributed by atoms with van der Waals surface area (Å²) in [5.41, 5.74) is 2.70. The first-order chi connectivity index (χ1) is 14.4. The van der Waals surface area contributed by atoms with E-state index in [-0.39, 0.29) is 11.0 Å². The van der Waals surface area contributed by atoms with Crippen molar-refractivity contribution in [2.45, 2.75) is 45.6 Å². The summed E-state index contributed by atoms with van der Waals surface area (Å²) >= 11 is 0. The standard InChI is InChI=1S/C28H29OP/c1-18(2)27-29-24-16-10-15-23(26(24)30(27)28(3,4)5)25-21-13-8-6-11-19(21)17-20-12-7-9-14-22(20)25/h6-18,27H,1-5H3/t27-,30+/m1/s1. The molecule has 0 unspecified atom stereocenters. The monoisotopic (exact) mass is 412 g/mol. The van der Waals surface area contributed by atoms with Gasteiger partial charge in [-0.25, -0.2) is 0 Å². The van der Waals surface area contributed by atoms with E-state index < -0.39 is 7.92 Å². The van der Waals surface area contributed by atoms with E-state index in [0.717, 1.165) is 5.75 Å². The number of fused-ring (bicyclic) bond motifs is 3. The molecule has 5 rings (SSSR count). The van der Waals surface area contributed by atoms with E-state index in [1.807, 2.05) is 0 Å². The van der Waals surface area contributed by atoms with Crippen molar-refractivity contribution in [3.8, 4) is 16.9 Å². The van der Waals surface area contributed by atoms with E-state index >= 15 is 0 Å². The Labute approximate surface area is 180 Å². The fraction of sp³-hybridized carbons (Fsp3) is 0.286. The zero-order valence-corrected chi connectivity index (χ0v) is 19.3. The number of hydrogen-bond acceptors (Lipinski definition) is 1. The normalized spacial score (nSPS) is 18.7. The fourth-order valence-electron chi connectivity index (χ4n) is 4.83. The average Bonchev–Trinajstić information content (AvgIpc) is 3.13. The average molecular weight is 413 g/mol. The maximum atomic E-state index is 6.62. The Morgan fingerprint density at radius 2 is 1.40 bits per heavy atom. The molecule has 4 aromatic rings. The third kappa shape index (κ3) is 3.03. The minimum atomic E-state index is -0.482. The number of hydrogen-bond donors (Lipinski definition) is 0. The van der Waals surface area contributed by atoms with Crippen LogP contribution < -0.4 is 10.0 Å². The summed E-state index contributed by atoms with van der Waals surface area (Å²) in [4.78, 5) is 0. The highest BCUT2D eigenvalue weighted by Gasteiger charge is 2.44. The van der Waals surface area contributed by atoms with Crippen LogP contribution in [0.15, 0.2) is 72.8 Å². The van der Waals surface area contributed by atoms with Gasteiger partial charge in [-0.2, -0.15) is 0 Å². The second-order valence-corrected chi connectivity index (χ2v) is 12.7. The Balaban J connectivity index is 1.89. The van der Waals surface area contributed by atoms with Gasteiger partial charge in [0, 0.05) is 5.30 Å². The summed E-state index contributed by atoms with van der Waals surface area (Å²) in [5.74, 6) is 1.83. The zero-order chi connectivity index (χ0) is 21.0. The van der Waals surface area contributed by atoms with E-state index in [4.69, 9.17) is 4.74 Å². The molecule has 0 bridgehead atoms. The molecule has 0 spiro atoms. The van der Waals surface area contributed by atoms with Gasteiger partial charge in [-0.3, -0.25) is 0 Å². The molecule has 152 valence electrons. The van der Waals surface area contributed by atoms with Crippen LogP contribution in [0.25, 0.3) is 32.7 Å². The second kappa shape index (κ2) is 7.10. The Morgan fingerprint density at radius 1 is 0.800 bits per heavy atom. The maximum Gasteiger partial charge on any atom is 0.128 e. The molecule has 0 saturated carbocycles. The van der Waals surface area contributed by atoms with Crippen molar-refractivity contribution in [3.63, 3.8) is 0 Å². The van der Waals surface area contributed by atoms with Gasteiger partial charge in [-0.15, -0.1) is 0 Å². The van der Waals surface area contributed by atoms with Gasteiger partial charge in [-0.05, 0) is 63.8 Å². The lowest BCUT2D eigenvalue weighted by Crippen LogP contribution is -2.27. The molecule has 0 amide bonds. The van der Waals surface area contributed by atoms with Crippen molar-refractivity contribution in [2.75, 3.05) is 0 Å². The molecule has 30 heavy (non-hydrogen) atoms. The highest BCUT2D eigenvalue weighted by molar-refractivity contribution is 7.68. The molecule has 0 aromatic heterocycles. The van der Waals surface area contributed by atoms with Gasteiger partial charge in [0.05, 0.1) is 0 Å². The highest BCUT2D eigenvalue weighted by atomic mass is 31.1. The fourth-order valence-corrected chi connectivity index (χ4v) is 8.15. The second-order valence-electron chi connectivity index (χ2n) is 9.64. The lowest BCUT2D eigenvalue weighted by molar-refractivity contribution is 0.240. The van der Waals surface area contributed by atoms with E-state index in [0.29, 0.717) is 5.92 Å². The van der Waals surface area contributed by atoms with Crippen LogP contribution in [-0.2, 0) is 0 Å². The van der Waals surface area contributed by atoms with Gasteiger partial charge < -0.3 is 4.74 Å². The van der Waals surface area contributed by atoms with Gasteiger partial charge in [0.25, 0.3) is 0 Å². The van der Waals surface area contributed by atoms with Gasteiger partial charge >= 0.3 is 0 Å². The van der Waals surface area contributed by atoms with Gasteiger partial charge in [-0.1, -0.05) is 95.3 Å². The minimum absolute atomic E-state index is 0.173. The SMILES string of the molecule is CC(C)[C@@H]1Oc2cccc(-c3c4ccccc4cc4ccccc34)c2[P@]1C(C)(C)C. The summed E-state index contributed by atoms with van der Waals surface area (Å²) < 4.78 is 6.62. The van der Waals surface area contributed by atoms with Crippen molar-refractivity contribution >= 4 is 34.8 Å². The molecule has 1 heterocycles. The quantitative estimate of drug-likeness (QED) is 0.240. The van der Waals surface area contributed by atoms with Crippen LogP contribution >= 0.6 is 7.92 Å². The summed E-state index contributed by atoms with van der Waals surface area (Å²) in [6.07, 6.45) is 0. The molecule has 0 saturated heterocycles. The first-order valence-electron chi connectivity index (χ1n) is 10.9. The first-order valence-corrected chi connectivity index (χ1v) is 12.3. The summed E-state index contributed by atoms with van der Waals surface area (Å²) in [6.45, 7) is 11.7. The van der Waals surface area contributed by atoms with Crippen LogP contribution in [0.5, 0.6) is 5.75 Å². The topological polar surface area (TPSA) is 9.23 Å². The predicted octanol–water partition coefficient (Wildman–Crippen LogP) is 7.94. The van der Waals surface area contributed by atoms with Crippen LogP contribution in [0.4, 0.5) is 0 Å². The van der Waals surface area contributed by atoms with Gasteiger partial charge in [0.15, 0.2) is 0 Å². The van der Waals surface area contributed by atoms with Crippen LogP contribution in [-0.4, -0.2) is 11.0 Å². The van der Waals surface area contributed by atoms with Crippen LogP contribution in [0, 0.1) is 5.92 Å². The Morgan fingerprint density at radius 3 is 1.97 bits per heavy atom. The molecule has 0 fully saturated rings. The van der Waals surface area contributed by atoms with E-state index in [9.17, 15) is 0 Å². The number of ether oxygens (including phenoxy) is 1. The summed E-state index contributed by atoms with van der Waals surface area (Å²) in [5, 5.41) is 6.85. The molecule has 1 aliphatic rings. The molecular formula is C28H29OP. The van der Waals surface area contributed by atoms with Crippen molar-refractivity contribution < 1.29 is 4.74 Å². The highest BCUT2D eigenvalue weighted by Crippen LogP contribution is 2.62. The van der Waals surface area contributed by atoms with Crippen molar-refractivity contribution in [2.24, 2.45) is 5.92 Å². The predicted molar refractivity (Wildman–Crippen MR) is 132 cm³/mol. The summed E-state index contributed by atoms with van der Waals surface area (Å²) in [6, 6.07) is 26.6. The maximum absolute atomic E-state index is 6.62. The molecule has 1 nitrogen and oxygen atoms in total. The molecular weight excluding hydrogens is 383 g/mol. The zero-order valence-electron chi connectivity index (χ0n) is 18.4. The van der Waals surface area contributed by atoms with Crippen molar-refractivity contribution in [3.05, 3.63) is 72.8 Å². The van der Waals surface area contributed by atoms with Gasteiger partial charge in [0.2, 0.25) is 0 Å². The minimum Gasteiger partial charge on any atom is -0.485 e. The van der Waals surface area contributed by atoms with Gasteiger partial charge in [0.1, 0.15) is 11.6 Å². The smallest absolute Gasteiger partial charge is 0.128 e. The van der Waals surface area contributed by atoms with E-state index in [1.165, 1.54) is 38.0 Å². The van der Waals surface area contributed by atoms with E-state index in [2.05, 4.69) is 107 Å². The molecule has 2 heteroatoms. The largest absolute Gasteiger partial charge is 0.485 e. The first kappa shape index (κ1) is 19.6. The molecule has 0 radical (unpaired) electrons. The molecule has 0 aliphatic carbocycles. The Bertz CT molecular complexity index is 1190. The molecule has 4 aromatic carbocycles. The lowest BCUT2D eigenvalue weighted by atomic mass is 9.92. The van der Waals surface area contributed by atoms with Crippen LogP contribution in [0.1, 0.15) is 34.6 Å². The molecule has 2 atom stereocenters. The number of benzene rings is 4. The molecule has 1 aliphatic heterocycles. The van der Waals surface area contributed by atoms with Crippen molar-refractivity contribution in [1.82, 2.24) is 0 Å². The van der Waals surface area contributed by atoms with Crippen LogP contribution in [0.3, 0.4) is 0 Å². The third-order valence-electron chi connectivity index (χ3n) is 6.08. The van der Waals surface area contributed by atoms with E-state index in [1.54, 1.807) is 0 Å². The Hall–Kier alpha value is -2.37. The lowest BCUT2D eigenvalue weighted by Gasteiger charge is -2.34. The van der Waals surface area contributed by atoms with Crippen LogP contribution in [0.2, 0.25) is 0 Å². The number of rotatable bonds is 2. The van der Waals surface area contributed by atoms with Crippen molar-refractivity contribution in [1.29, 1.82) is 0 Å². The Kier molecular flexibility index (Phi) is 4.64.